The lowest BCUT2D eigenvalue weighted by Crippen LogP contribution is -2.36. The van der Waals surface area contributed by atoms with Crippen molar-refractivity contribution in [2.75, 3.05) is 24.6 Å². The third kappa shape index (κ3) is 3.86. The van der Waals surface area contributed by atoms with Crippen LogP contribution in [0.15, 0.2) is 40.8 Å². The summed E-state index contributed by atoms with van der Waals surface area (Å²) in [6.45, 7) is 6.99. The molecular formula is C19H24N2O4. The van der Waals surface area contributed by atoms with Crippen LogP contribution in [-0.4, -0.2) is 30.9 Å². The quantitative estimate of drug-likeness (QED) is 0.842. The van der Waals surface area contributed by atoms with Crippen LogP contribution in [0.2, 0.25) is 0 Å². The molecule has 25 heavy (non-hydrogen) atoms. The Morgan fingerprint density at radius 2 is 2.00 bits per heavy atom. The van der Waals surface area contributed by atoms with Gasteiger partial charge in [-0.2, -0.15) is 0 Å². The van der Waals surface area contributed by atoms with Gasteiger partial charge in [0.05, 0.1) is 6.54 Å². The fourth-order valence-corrected chi connectivity index (χ4v) is 2.85. The molecule has 6 heteroatoms. The number of hydrogen-bond donors (Lipinski definition) is 2. The minimum atomic E-state index is -1.08. The normalized spacial score (nSPS) is 18.1. The number of aliphatic hydroxyl groups is 1. The molecule has 1 aromatic carbocycles. The van der Waals surface area contributed by atoms with Crippen LogP contribution in [0.4, 0.5) is 10.5 Å². The third-order valence-corrected chi connectivity index (χ3v) is 4.49. The topological polar surface area (TPSA) is 74.9 Å². The molecule has 1 amide bonds. The van der Waals surface area contributed by atoms with Gasteiger partial charge in [0.1, 0.15) is 23.7 Å². The van der Waals surface area contributed by atoms with Crippen LogP contribution in [0.3, 0.4) is 0 Å². The van der Waals surface area contributed by atoms with Crippen LogP contribution in [0.5, 0.6) is 0 Å². The number of benzene rings is 1. The van der Waals surface area contributed by atoms with Gasteiger partial charge in [0.15, 0.2) is 0 Å². The van der Waals surface area contributed by atoms with Crippen molar-refractivity contribution < 1.29 is 19.1 Å². The van der Waals surface area contributed by atoms with Crippen molar-refractivity contribution in [3.05, 3.63) is 53.5 Å². The number of furan rings is 1. The van der Waals surface area contributed by atoms with Gasteiger partial charge in [-0.15, -0.1) is 0 Å². The van der Waals surface area contributed by atoms with Crippen molar-refractivity contribution in [3.8, 4) is 0 Å². The molecule has 1 saturated heterocycles. The zero-order valence-electron chi connectivity index (χ0n) is 14.8. The SMILES string of the molecule is Cc1ccc([C@@](C)(O)CN[C@H](C)c2ccc(N3CCOC3=O)cc2)o1. The van der Waals surface area contributed by atoms with E-state index in [1.165, 1.54) is 0 Å². The number of aryl methyl sites for hydroxylation is 1. The first kappa shape index (κ1) is 17.5. The van der Waals surface area contributed by atoms with Crippen molar-refractivity contribution in [2.24, 2.45) is 0 Å². The molecule has 1 fully saturated rings. The Labute approximate surface area is 147 Å². The predicted molar refractivity (Wildman–Crippen MR) is 94.6 cm³/mol. The molecule has 2 aromatic rings. The molecule has 6 nitrogen and oxygen atoms in total. The van der Waals surface area contributed by atoms with E-state index >= 15 is 0 Å². The van der Waals surface area contributed by atoms with E-state index in [-0.39, 0.29) is 12.1 Å². The molecule has 2 atom stereocenters. The summed E-state index contributed by atoms with van der Waals surface area (Å²) in [5.41, 5.74) is 0.821. The second-order valence-corrected chi connectivity index (χ2v) is 6.64. The summed E-state index contributed by atoms with van der Waals surface area (Å²) in [5, 5.41) is 13.9. The number of ether oxygens (including phenoxy) is 1. The number of hydrogen-bond acceptors (Lipinski definition) is 5. The first-order valence-electron chi connectivity index (χ1n) is 8.44. The van der Waals surface area contributed by atoms with Gasteiger partial charge in [-0.3, -0.25) is 4.90 Å². The van der Waals surface area contributed by atoms with Crippen LogP contribution in [0, 0.1) is 6.92 Å². The molecule has 0 spiro atoms. The summed E-state index contributed by atoms with van der Waals surface area (Å²) in [6.07, 6.45) is -0.302. The fourth-order valence-electron chi connectivity index (χ4n) is 2.85. The average molecular weight is 344 g/mol. The van der Waals surface area contributed by atoms with Gasteiger partial charge in [-0.05, 0) is 50.6 Å². The highest BCUT2D eigenvalue weighted by Crippen LogP contribution is 2.25. The molecule has 0 aliphatic carbocycles. The summed E-state index contributed by atoms with van der Waals surface area (Å²) < 4.78 is 10.5. The van der Waals surface area contributed by atoms with Crippen molar-refractivity contribution in [2.45, 2.75) is 32.4 Å². The van der Waals surface area contributed by atoms with E-state index < -0.39 is 5.60 Å². The monoisotopic (exact) mass is 344 g/mol. The first-order chi connectivity index (χ1) is 11.9. The third-order valence-electron chi connectivity index (χ3n) is 4.49. The maximum Gasteiger partial charge on any atom is 0.414 e. The lowest BCUT2D eigenvalue weighted by atomic mass is 10.0. The number of carbonyl (C=O) groups excluding carboxylic acids is 1. The van der Waals surface area contributed by atoms with Gasteiger partial charge in [0, 0.05) is 18.3 Å². The Bertz CT molecular complexity index is 736. The number of nitrogens with one attached hydrogen (secondary N) is 1. The Morgan fingerprint density at radius 1 is 1.28 bits per heavy atom. The van der Waals surface area contributed by atoms with Crippen molar-refractivity contribution in [1.82, 2.24) is 5.32 Å². The maximum atomic E-state index is 11.6. The fraction of sp³-hybridized carbons (Fsp3) is 0.421. The molecule has 0 unspecified atom stereocenters. The number of anilines is 1. The summed E-state index contributed by atoms with van der Waals surface area (Å²) in [6, 6.07) is 11.5. The molecule has 134 valence electrons. The molecule has 2 heterocycles. The summed E-state index contributed by atoms with van der Waals surface area (Å²) in [4.78, 5) is 13.2. The van der Waals surface area contributed by atoms with Gasteiger partial charge < -0.3 is 19.6 Å². The minimum Gasteiger partial charge on any atom is -0.463 e. The molecular weight excluding hydrogens is 320 g/mol. The highest BCUT2D eigenvalue weighted by atomic mass is 16.6. The molecule has 1 aliphatic heterocycles. The van der Waals surface area contributed by atoms with E-state index in [0.29, 0.717) is 25.5 Å². The lowest BCUT2D eigenvalue weighted by Gasteiger charge is -2.24. The van der Waals surface area contributed by atoms with Gasteiger partial charge in [0.25, 0.3) is 0 Å². The molecule has 3 rings (SSSR count). The van der Waals surface area contributed by atoms with Crippen LogP contribution in [0.1, 0.15) is 37.0 Å². The predicted octanol–water partition coefficient (Wildman–Crippen LogP) is 3.10. The van der Waals surface area contributed by atoms with E-state index in [1.54, 1.807) is 17.9 Å². The Hall–Kier alpha value is -2.31. The average Bonchev–Trinajstić information content (AvgIpc) is 3.22. The first-order valence-corrected chi connectivity index (χ1v) is 8.44. The molecule has 0 radical (unpaired) electrons. The maximum absolute atomic E-state index is 11.6. The van der Waals surface area contributed by atoms with Crippen molar-refractivity contribution in [1.29, 1.82) is 0 Å². The zero-order chi connectivity index (χ0) is 18.0. The van der Waals surface area contributed by atoms with E-state index in [0.717, 1.165) is 17.0 Å². The Morgan fingerprint density at radius 3 is 2.56 bits per heavy atom. The number of amides is 1. The number of carbonyl (C=O) groups is 1. The van der Waals surface area contributed by atoms with Crippen LogP contribution in [-0.2, 0) is 10.3 Å². The Balaban J connectivity index is 1.61. The van der Waals surface area contributed by atoms with Gasteiger partial charge in [0.2, 0.25) is 0 Å². The second kappa shape index (κ2) is 6.90. The molecule has 0 saturated carbocycles. The summed E-state index contributed by atoms with van der Waals surface area (Å²) >= 11 is 0. The van der Waals surface area contributed by atoms with Crippen LogP contribution < -0.4 is 10.2 Å². The summed E-state index contributed by atoms with van der Waals surface area (Å²) in [5.74, 6) is 1.33. The molecule has 2 N–H and O–H groups in total. The van der Waals surface area contributed by atoms with Gasteiger partial charge >= 0.3 is 6.09 Å². The second-order valence-electron chi connectivity index (χ2n) is 6.64. The minimum absolute atomic E-state index is 0.0436. The number of rotatable bonds is 6. The largest absolute Gasteiger partial charge is 0.463 e. The standard InChI is InChI=1S/C19H24N2O4/c1-13-4-9-17(25-13)19(3,23)12-20-14(2)15-5-7-16(8-6-15)21-10-11-24-18(21)22/h4-9,14,20,23H,10-12H2,1-3H3/t14-,19+/m1/s1. The number of cyclic esters (lactones) is 1. The van der Waals surface area contributed by atoms with Gasteiger partial charge in [-0.25, -0.2) is 4.79 Å². The van der Waals surface area contributed by atoms with Crippen LogP contribution >= 0.6 is 0 Å². The van der Waals surface area contributed by atoms with Gasteiger partial charge in [-0.1, -0.05) is 12.1 Å². The number of nitrogens with zero attached hydrogens (tertiary/aromatic N) is 1. The molecule has 1 aromatic heterocycles. The van der Waals surface area contributed by atoms with E-state index in [4.69, 9.17) is 9.15 Å². The van der Waals surface area contributed by atoms with Crippen molar-refractivity contribution >= 4 is 11.8 Å². The van der Waals surface area contributed by atoms with E-state index in [9.17, 15) is 9.90 Å². The molecule has 0 bridgehead atoms. The van der Waals surface area contributed by atoms with E-state index in [2.05, 4.69) is 5.32 Å². The highest BCUT2D eigenvalue weighted by Gasteiger charge is 2.27. The smallest absolute Gasteiger partial charge is 0.414 e. The van der Waals surface area contributed by atoms with Crippen molar-refractivity contribution in [3.63, 3.8) is 0 Å². The molecule has 1 aliphatic rings. The zero-order valence-corrected chi connectivity index (χ0v) is 14.8. The highest BCUT2D eigenvalue weighted by molar-refractivity contribution is 5.89. The van der Waals surface area contributed by atoms with E-state index in [1.807, 2.05) is 44.2 Å². The van der Waals surface area contributed by atoms with Crippen LogP contribution in [0.25, 0.3) is 0 Å². The Kier molecular flexibility index (Phi) is 4.83. The lowest BCUT2D eigenvalue weighted by molar-refractivity contribution is 0.0313. The summed E-state index contributed by atoms with van der Waals surface area (Å²) in [7, 11) is 0.